The van der Waals surface area contributed by atoms with Crippen LogP contribution < -0.4 is 0 Å². The fraction of sp³-hybridized carbons (Fsp3) is 0. The number of aromatic nitrogens is 4. The molecule has 0 spiro atoms. The van der Waals surface area contributed by atoms with E-state index < -0.39 is 0 Å². The van der Waals surface area contributed by atoms with Gasteiger partial charge in [-0.3, -0.25) is 4.98 Å². The topological polar surface area (TPSA) is 51.6 Å². The van der Waals surface area contributed by atoms with E-state index in [9.17, 15) is 0 Å². The van der Waals surface area contributed by atoms with E-state index in [0.717, 1.165) is 61.2 Å². The lowest BCUT2D eigenvalue weighted by molar-refractivity contribution is 1.07. The molecular weight excluding hydrogens is 777 g/mol. The Bertz CT molecular complexity index is 3610. The average molecular weight is 815 g/mol. The lowest BCUT2D eigenvalue weighted by Gasteiger charge is -2.17. The summed E-state index contributed by atoms with van der Waals surface area (Å²) in [7, 11) is 0. The minimum Gasteiger partial charge on any atom is -0.264 e. The SMILES string of the molecule is c1ccc(-c2cccc(-c3nc(-c4cccc(-c5ccccc5)c4)nc(-c4cc(-c5cccnc5)cc(-c5cc6c7ccccc7c7ccccc7c6c6ccccc56)c4)n3)c2)cc1. The quantitative estimate of drug-likeness (QED) is 0.150. The van der Waals surface area contributed by atoms with Gasteiger partial charge in [-0.25, -0.2) is 15.0 Å². The highest BCUT2D eigenvalue weighted by atomic mass is 15.0. The molecule has 12 aromatic rings. The van der Waals surface area contributed by atoms with Gasteiger partial charge in [0.25, 0.3) is 0 Å². The molecule has 0 bridgehead atoms. The standard InChI is InChI=1S/C60H38N4/c1-3-16-39(17-4-1)41-20-13-22-43(32-41)58-62-59(44-23-14-21-42(33-44)40-18-5-2-6-19-40)64-60(63-58)48-35-46(45-24-15-31-61-38-45)34-47(36-48)55-37-56-51-27-8-7-25-49(51)50-26-9-11-29-53(50)57(56)54-30-12-10-28-52(54)55/h1-38H. The van der Waals surface area contributed by atoms with Crippen LogP contribution in [0.1, 0.15) is 0 Å². The molecule has 0 N–H and O–H groups in total. The van der Waals surface area contributed by atoms with Crippen molar-refractivity contribution in [1.29, 1.82) is 0 Å². The highest BCUT2D eigenvalue weighted by Crippen LogP contribution is 2.44. The van der Waals surface area contributed by atoms with Crippen LogP contribution in [0.15, 0.2) is 231 Å². The van der Waals surface area contributed by atoms with Crippen molar-refractivity contribution in [2.75, 3.05) is 0 Å². The largest absolute Gasteiger partial charge is 0.264 e. The van der Waals surface area contributed by atoms with Crippen LogP contribution in [-0.4, -0.2) is 19.9 Å². The Morgan fingerprint density at radius 2 is 0.641 bits per heavy atom. The lowest BCUT2D eigenvalue weighted by Crippen LogP contribution is -2.01. The van der Waals surface area contributed by atoms with Crippen LogP contribution in [0.5, 0.6) is 0 Å². The summed E-state index contributed by atoms with van der Waals surface area (Å²) in [4.78, 5) is 20.4. The molecule has 0 aliphatic carbocycles. The van der Waals surface area contributed by atoms with Crippen LogP contribution in [0.25, 0.3) is 122 Å². The van der Waals surface area contributed by atoms with Gasteiger partial charge in [0.05, 0.1) is 0 Å². The number of rotatable bonds is 7. The smallest absolute Gasteiger partial charge is 0.164 e. The minimum atomic E-state index is 0.587. The van der Waals surface area contributed by atoms with Crippen LogP contribution in [0, 0.1) is 0 Å². The Labute approximate surface area is 370 Å². The van der Waals surface area contributed by atoms with Crippen molar-refractivity contribution >= 4 is 43.1 Å². The van der Waals surface area contributed by atoms with Crippen LogP contribution in [-0.2, 0) is 0 Å². The van der Waals surface area contributed by atoms with Gasteiger partial charge >= 0.3 is 0 Å². The first-order valence-electron chi connectivity index (χ1n) is 21.6. The second kappa shape index (κ2) is 15.7. The van der Waals surface area contributed by atoms with E-state index in [4.69, 9.17) is 15.0 Å². The second-order valence-electron chi connectivity index (χ2n) is 16.2. The molecule has 0 atom stereocenters. The zero-order valence-electron chi connectivity index (χ0n) is 34.7. The van der Waals surface area contributed by atoms with E-state index in [1.54, 1.807) is 0 Å². The fourth-order valence-electron chi connectivity index (χ4n) is 9.32. The van der Waals surface area contributed by atoms with Crippen LogP contribution >= 0.6 is 0 Å². The maximum Gasteiger partial charge on any atom is 0.164 e. The highest BCUT2D eigenvalue weighted by Gasteiger charge is 2.19. The third-order valence-electron chi connectivity index (χ3n) is 12.3. The summed E-state index contributed by atoms with van der Waals surface area (Å²) in [6, 6.07) is 77.4. The first kappa shape index (κ1) is 37.2. The number of benzene rings is 10. The van der Waals surface area contributed by atoms with Gasteiger partial charge in [-0.2, -0.15) is 0 Å². The predicted molar refractivity (Wildman–Crippen MR) is 266 cm³/mol. The van der Waals surface area contributed by atoms with E-state index in [2.05, 4.69) is 205 Å². The van der Waals surface area contributed by atoms with Crippen molar-refractivity contribution in [2.24, 2.45) is 0 Å². The normalized spacial score (nSPS) is 11.4. The van der Waals surface area contributed by atoms with Crippen LogP contribution in [0.4, 0.5) is 0 Å². The lowest BCUT2D eigenvalue weighted by atomic mass is 9.86. The Morgan fingerprint density at radius 3 is 1.22 bits per heavy atom. The molecular formula is C60H38N4. The van der Waals surface area contributed by atoms with Crippen molar-refractivity contribution in [2.45, 2.75) is 0 Å². The summed E-state index contributed by atoms with van der Waals surface area (Å²) in [6.07, 6.45) is 3.74. The Morgan fingerprint density at radius 1 is 0.234 bits per heavy atom. The van der Waals surface area contributed by atoms with Crippen LogP contribution in [0.3, 0.4) is 0 Å². The van der Waals surface area contributed by atoms with Crippen molar-refractivity contribution < 1.29 is 0 Å². The summed E-state index contributed by atoms with van der Waals surface area (Å²) in [6.45, 7) is 0. The molecule has 0 amide bonds. The van der Waals surface area contributed by atoms with Gasteiger partial charge in [-0.1, -0.05) is 176 Å². The van der Waals surface area contributed by atoms with Crippen molar-refractivity contribution in [3.63, 3.8) is 0 Å². The molecule has 0 radical (unpaired) electrons. The fourth-order valence-corrected chi connectivity index (χ4v) is 9.32. The molecule has 4 nitrogen and oxygen atoms in total. The molecule has 0 saturated carbocycles. The van der Waals surface area contributed by atoms with Crippen molar-refractivity contribution in [1.82, 2.24) is 19.9 Å². The van der Waals surface area contributed by atoms with Gasteiger partial charge < -0.3 is 0 Å². The van der Waals surface area contributed by atoms with Crippen molar-refractivity contribution in [3.05, 3.63) is 231 Å². The molecule has 2 aromatic heterocycles. The molecule has 4 heteroatoms. The molecule has 10 aromatic carbocycles. The van der Waals surface area contributed by atoms with Gasteiger partial charge in [0, 0.05) is 34.6 Å². The molecule has 0 aliphatic rings. The van der Waals surface area contributed by atoms with Gasteiger partial charge in [0.15, 0.2) is 17.5 Å². The van der Waals surface area contributed by atoms with Gasteiger partial charge in [-0.05, 0) is 124 Å². The maximum absolute atomic E-state index is 5.33. The summed E-state index contributed by atoms with van der Waals surface area (Å²) in [5.74, 6) is 1.79. The monoisotopic (exact) mass is 814 g/mol. The average Bonchev–Trinajstić information content (AvgIpc) is 3.39. The molecule has 12 rings (SSSR count). The first-order valence-corrected chi connectivity index (χ1v) is 21.6. The zero-order chi connectivity index (χ0) is 42.4. The van der Waals surface area contributed by atoms with Gasteiger partial charge in [0.2, 0.25) is 0 Å². The van der Waals surface area contributed by atoms with Gasteiger partial charge in [0.1, 0.15) is 0 Å². The zero-order valence-corrected chi connectivity index (χ0v) is 34.7. The number of pyridine rings is 1. The Balaban J connectivity index is 1.12. The third kappa shape index (κ3) is 6.66. The summed E-state index contributed by atoms with van der Waals surface area (Å²) in [5, 5.41) is 9.86. The predicted octanol–water partition coefficient (Wildman–Crippen LogP) is 15.5. The highest BCUT2D eigenvalue weighted by molar-refractivity contribution is 6.33. The molecule has 2 heterocycles. The van der Waals surface area contributed by atoms with E-state index in [0.29, 0.717) is 17.5 Å². The number of fused-ring (bicyclic) bond motifs is 8. The maximum atomic E-state index is 5.33. The Kier molecular flexibility index (Phi) is 9.12. The molecule has 0 unspecified atom stereocenters. The summed E-state index contributed by atoms with van der Waals surface area (Å²) in [5.41, 5.74) is 11.4. The number of hydrogen-bond acceptors (Lipinski definition) is 4. The molecule has 0 fully saturated rings. The number of nitrogens with zero attached hydrogens (tertiary/aromatic N) is 4. The van der Waals surface area contributed by atoms with Crippen molar-refractivity contribution in [3.8, 4) is 78.7 Å². The van der Waals surface area contributed by atoms with Gasteiger partial charge in [-0.15, -0.1) is 0 Å². The van der Waals surface area contributed by atoms with Crippen LogP contribution in [0.2, 0.25) is 0 Å². The Hall–Kier alpha value is -8.60. The first-order chi connectivity index (χ1) is 31.7. The minimum absolute atomic E-state index is 0.587. The molecule has 64 heavy (non-hydrogen) atoms. The third-order valence-corrected chi connectivity index (χ3v) is 12.3. The number of hydrogen-bond donors (Lipinski definition) is 0. The van der Waals surface area contributed by atoms with E-state index >= 15 is 0 Å². The molecule has 0 aliphatic heterocycles. The molecule has 0 saturated heterocycles. The van der Waals surface area contributed by atoms with E-state index in [1.807, 2.05) is 30.6 Å². The van der Waals surface area contributed by atoms with E-state index in [-0.39, 0.29) is 0 Å². The summed E-state index contributed by atoms with van der Waals surface area (Å²) >= 11 is 0. The summed E-state index contributed by atoms with van der Waals surface area (Å²) < 4.78 is 0. The second-order valence-corrected chi connectivity index (χ2v) is 16.2. The van der Waals surface area contributed by atoms with E-state index in [1.165, 1.54) is 43.1 Å². The molecule has 298 valence electrons.